The first kappa shape index (κ1) is 19.3. The zero-order chi connectivity index (χ0) is 19.2. The molecule has 0 aliphatic rings. The predicted octanol–water partition coefficient (Wildman–Crippen LogP) is 5.19. The van der Waals surface area contributed by atoms with Crippen LogP contribution in [0.1, 0.15) is 34.0 Å². The molecule has 0 aliphatic heterocycles. The molecule has 0 aliphatic carbocycles. The minimum absolute atomic E-state index is 0.163. The van der Waals surface area contributed by atoms with Gasteiger partial charge in [-0.2, -0.15) is 0 Å². The SMILES string of the molecule is CCc1ccc(CN(Cc2cccnc2)C(=O)c2cnc(Cl)c(Cl)c2)cc1. The standard InChI is InChI=1S/C21H19Cl2N3O/c1-2-15-5-7-16(8-6-15)13-26(14-17-4-3-9-24-11-17)21(27)18-10-19(22)20(23)25-12-18/h3-12H,2,13-14H2,1H3. The molecule has 0 saturated heterocycles. The molecular formula is C21H19Cl2N3O. The molecule has 0 N–H and O–H groups in total. The summed E-state index contributed by atoms with van der Waals surface area (Å²) in [5.41, 5.74) is 3.66. The highest BCUT2D eigenvalue weighted by Gasteiger charge is 2.18. The van der Waals surface area contributed by atoms with Gasteiger partial charge in [-0.3, -0.25) is 9.78 Å². The molecule has 0 bridgehead atoms. The summed E-state index contributed by atoms with van der Waals surface area (Å²) >= 11 is 11.9. The van der Waals surface area contributed by atoms with Crippen molar-refractivity contribution in [1.29, 1.82) is 0 Å². The second-order valence-electron chi connectivity index (χ2n) is 6.19. The Hall–Kier alpha value is -2.43. The minimum atomic E-state index is -0.163. The number of benzene rings is 1. The number of hydrogen-bond donors (Lipinski definition) is 0. The third kappa shape index (κ3) is 5.06. The Morgan fingerprint density at radius 2 is 1.70 bits per heavy atom. The molecule has 1 aromatic carbocycles. The Kier molecular flexibility index (Phi) is 6.43. The van der Waals surface area contributed by atoms with E-state index in [9.17, 15) is 4.79 Å². The van der Waals surface area contributed by atoms with Crippen molar-refractivity contribution in [2.75, 3.05) is 0 Å². The third-order valence-corrected chi connectivity index (χ3v) is 4.92. The van der Waals surface area contributed by atoms with E-state index in [2.05, 4.69) is 41.2 Å². The maximum Gasteiger partial charge on any atom is 0.256 e. The summed E-state index contributed by atoms with van der Waals surface area (Å²) in [7, 11) is 0. The third-order valence-electron chi connectivity index (χ3n) is 4.23. The number of rotatable bonds is 6. The van der Waals surface area contributed by atoms with E-state index in [0.29, 0.717) is 18.7 Å². The molecule has 27 heavy (non-hydrogen) atoms. The first-order valence-corrected chi connectivity index (χ1v) is 9.39. The van der Waals surface area contributed by atoms with Crippen LogP contribution in [0.15, 0.2) is 61.1 Å². The van der Waals surface area contributed by atoms with E-state index >= 15 is 0 Å². The quantitative estimate of drug-likeness (QED) is 0.535. The van der Waals surface area contributed by atoms with Crippen LogP contribution in [0.2, 0.25) is 10.2 Å². The molecule has 0 unspecified atom stereocenters. The number of pyridine rings is 2. The van der Waals surface area contributed by atoms with Crippen LogP contribution in [0.4, 0.5) is 0 Å². The maximum atomic E-state index is 13.1. The van der Waals surface area contributed by atoms with Gasteiger partial charge in [-0.05, 0) is 35.2 Å². The average molecular weight is 400 g/mol. The van der Waals surface area contributed by atoms with Crippen molar-refractivity contribution in [2.45, 2.75) is 26.4 Å². The number of nitrogens with zero attached hydrogens (tertiary/aromatic N) is 3. The van der Waals surface area contributed by atoms with Gasteiger partial charge in [0.05, 0.1) is 10.6 Å². The molecule has 2 aromatic heterocycles. The molecule has 0 saturated carbocycles. The fraction of sp³-hybridized carbons (Fsp3) is 0.190. The van der Waals surface area contributed by atoms with E-state index in [-0.39, 0.29) is 16.1 Å². The zero-order valence-corrected chi connectivity index (χ0v) is 16.4. The van der Waals surface area contributed by atoms with E-state index in [0.717, 1.165) is 17.5 Å². The summed E-state index contributed by atoms with van der Waals surface area (Å²) < 4.78 is 0. The number of carbonyl (C=O) groups excluding carboxylic acids is 1. The summed E-state index contributed by atoms with van der Waals surface area (Å²) in [6.45, 7) is 3.02. The number of halogens is 2. The molecule has 3 rings (SSSR count). The lowest BCUT2D eigenvalue weighted by atomic mass is 10.1. The van der Waals surface area contributed by atoms with Crippen LogP contribution >= 0.6 is 23.2 Å². The molecule has 2 heterocycles. The van der Waals surface area contributed by atoms with E-state index < -0.39 is 0 Å². The Balaban J connectivity index is 1.87. The summed E-state index contributed by atoms with van der Waals surface area (Å²) in [6.07, 6.45) is 5.90. The Morgan fingerprint density at radius 3 is 2.33 bits per heavy atom. The van der Waals surface area contributed by atoms with Crippen molar-refractivity contribution in [3.05, 3.63) is 93.5 Å². The lowest BCUT2D eigenvalue weighted by molar-refractivity contribution is 0.0729. The van der Waals surface area contributed by atoms with Crippen LogP contribution in [-0.4, -0.2) is 20.8 Å². The van der Waals surface area contributed by atoms with Gasteiger partial charge < -0.3 is 4.90 Å². The molecular weight excluding hydrogens is 381 g/mol. The minimum Gasteiger partial charge on any atom is -0.330 e. The van der Waals surface area contributed by atoms with Crippen LogP contribution in [0.3, 0.4) is 0 Å². The van der Waals surface area contributed by atoms with E-state index in [1.165, 1.54) is 11.8 Å². The number of hydrogen-bond acceptors (Lipinski definition) is 3. The molecule has 0 fully saturated rings. The Morgan fingerprint density at radius 1 is 1.00 bits per heavy atom. The van der Waals surface area contributed by atoms with Gasteiger partial charge >= 0.3 is 0 Å². The van der Waals surface area contributed by atoms with Crippen molar-refractivity contribution >= 4 is 29.1 Å². The van der Waals surface area contributed by atoms with E-state index in [4.69, 9.17) is 23.2 Å². The van der Waals surface area contributed by atoms with E-state index in [1.54, 1.807) is 23.4 Å². The number of carbonyl (C=O) groups is 1. The van der Waals surface area contributed by atoms with Crippen molar-refractivity contribution in [2.24, 2.45) is 0 Å². The molecule has 3 aromatic rings. The molecule has 0 spiro atoms. The van der Waals surface area contributed by atoms with Crippen molar-refractivity contribution < 1.29 is 4.79 Å². The number of amides is 1. The predicted molar refractivity (Wildman–Crippen MR) is 108 cm³/mol. The first-order chi connectivity index (χ1) is 13.1. The normalized spacial score (nSPS) is 10.6. The van der Waals surface area contributed by atoms with Gasteiger partial charge in [0.2, 0.25) is 0 Å². The molecule has 0 radical (unpaired) electrons. The van der Waals surface area contributed by atoms with Crippen LogP contribution in [0.5, 0.6) is 0 Å². The highest BCUT2D eigenvalue weighted by Crippen LogP contribution is 2.22. The number of aryl methyl sites for hydroxylation is 1. The fourth-order valence-corrected chi connectivity index (χ4v) is 3.00. The Bertz CT molecular complexity index is 914. The van der Waals surface area contributed by atoms with Crippen LogP contribution < -0.4 is 0 Å². The highest BCUT2D eigenvalue weighted by molar-refractivity contribution is 6.41. The summed E-state index contributed by atoms with van der Waals surface area (Å²) in [4.78, 5) is 23.0. The topological polar surface area (TPSA) is 46.1 Å². The monoisotopic (exact) mass is 399 g/mol. The van der Waals surface area contributed by atoms with Gasteiger partial charge in [0.15, 0.2) is 0 Å². The van der Waals surface area contributed by atoms with Crippen LogP contribution in [-0.2, 0) is 19.5 Å². The van der Waals surface area contributed by atoms with Gasteiger partial charge in [0.25, 0.3) is 5.91 Å². The van der Waals surface area contributed by atoms with Crippen molar-refractivity contribution in [1.82, 2.24) is 14.9 Å². The Labute approximate surface area is 168 Å². The second kappa shape index (κ2) is 8.98. The lowest BCUT2D eigenvalue weighted by Crippen LogP contribution is -2.30. The highest BCUT2D eigenvalue weighted by atomic mass is 35.5. The molecule has 6 heteroatoms. The lowest BCUT2D eigenvalue weighted by Gasteiger charge is -2.23. The largest absolute Gasteiger partial charge is 0.330 e. The molecule has 138 valence electrons. The molecule has 1 amide bonds. The second-order valence-corrected chi connectivity index (χ2v) is 6.95. The van der Waals surface area contributed by atoms with Crippen molar-refractivity contribution in [3.8, 4) is 0 Å². The van der Waals surface area contributed by atoms with Gasteiger partial charge in [0.1, 0.15) is 5.15 Å². The van der Waals surface area contributed by atoms with Gasteiger partial charge in [-0.25, -0.2) is 4.98 Å². The fourth-order valence-electron chi connectivity index (χ4n) is 2.73. The number of aromatic nitrogens is 2. The van der Waals surface area contributed by atoms with E-state index in [1.807, 2.05) is 12.1 Å². The smallest absolute Gasteiger partial charge is 0.256 e. The first-order valence-electron chi connectivity index (χ1n) is 8.64. The summed E-state index contributed by atoms with van der Waals surface area (Å²) in [5.74, 6) is -0.163. The van der Waals surface area contributed by atoms with Gasteiger partial charge in [0, 0.05) is 31.7 Å². The van der Waals surface area contributed by atoms with Crippen molar-refractivity contribution in [3.63, 3.8) is 0 Å². The van der Waals surface area contributed by atoms with Crippen LogP contribution in [0, 0.1) is 0 Å². The average Bonchev–Trinajstić information content (AvgIpc) is 2.70. The van der Waals surface area contributed by atoms with Crippen LogP contribution in [0.25, 0.3) is 0 Å². The van der Waals surface area contributed by atoms with Gasteiger partial charge in [-0.15, -0.1) is 0 Å². The van der Waals surface area contributed by atoms with Gasteiger partial charge in [-0.1, -0.05) is 60.5 Å². The molecule has 4 nitrogen and oxygen atoms in total. The zero-order valence-electron chi connectivity index (χ0n) is 14.9. The summed E-state index contributed by atoms with van der Waals surface area (Å²) in [5, 5.41) is 0.443. The summed E-state index contributed by atoms with van der Waals surface area (Å²) in [6, 6.07) is 13.6. The molecule has 0 atom stereocenters. The maximum absolute atomic E-state index is 13.1.